The molecule has 0 spiro atoms. The topological polar surface area (TPSA) is 16.1 Å². The van der Waals surface area contributed by atoms with Gasteiger partial charge in [-0.3, -0.25) is 9.88 Å². The number of hydrogen-bond acceptors (Lipinski definition) is 2. The molecule has 0 amide bonds. The van der Waals surface area contributed by atoms with E-state index in [1.165, 1.54) is 43.6 Å². The number of likely N-dealkylation sites (tertiary alicyclic amines) is 1. The average Bonchev–Trinajstić information content (AvgIpc) is 2.66. The van der Waals surface area contributed by atoms with E-state index in [9.17, 15) is 0 Å². The summed E-state index contributed by atoms with van der Waals surface area (Å²) in [5.41, 5.74) is 2.59. The lowest BCUT2D eigenvalue weighted by atomic mass is 10.1. The zero-order chi connectivity index (χ0) is 10.7. The van der Waals surface area contributed by atoms with Crippen molar-refractivity contribution >= 4 is 0 Å². The van der Waals surface area contributed by atoms with Crippen molar-refractivity contribution in [2.24, 2.45) is 0 Å². The fourth-order valence-corrected chi connectivity index (χ4v) is 2.46. The van der Waals surface area contributed by atoms with E-state index >= 15 is 0 Å². The molecule has 0 radical (unpaired) electrons. The Morgan fingerprint density at radius 1 is 1.53 bits per heavy atom. The Kier molecular flexibility index (Phi) is 3.37. The molecule has 1 saturated heterocycles. The quantitative estimate of drug-likeness (QED) is 0.752. The van der Waals surface area contributed by atoms with Crippen LogP contribution in [0.2, 0.25) is 0 Å². The molecule has 0 N–H and O–H groups in total. The molecule has 0 aromatic carbocycles. The zero-order valence-corrected chi connectivity index (χ0v) is 9.74. The summed E-state index contributed by atoms with van der Waals surface area (Å²) in [6.07, 6.45) is 5.77. The molecular formula is C13H20N2. The molecule has 1 aliphatic heterocycles. The lowest BCUT2D eigenvalue weighted by molar-refractivity contribution is 0.253. The zero-order valence-electron chi connectivity index (χ0n) is 9.74. The summed E-state index contributed by atoms with van der Waals surface area (Å²) in [6.45, 7) is 6.85. The number of nitrogens with zero attached hydrogens (tertiary/aromatic N) is 2. The second-order valence-corrected chi connectivity index (χ2v) is 4.45. The molecule has 2 nitrogen and oxygen atoms in total. The third kappa shape index (κ3) is 2.37. The number of pyridine rings is 1. The normalized spacial score (nSPS) is 22.1. The maximum atomic E-state index is 4.51. The Bertz CT molecular complexity index is 322. The minimum absolute atomic E-state index is 0.574. The van der Waals surface area contributed by atoms with Crippen LogP contribution in [-0.4, -0.2) is 23.0 Å². The highest BCUT2D eigenvalue weighted by molar-refractivity contribution is 5.18. The van der Waals surface area contributed by atoms with Gasteiger partial charge < -0.3 is 0 Å². The third-order valence-corrected chi connectivity index (χ3v) is 3.15. The van der Waals surface area contributed by atoms with Gasteiger partial charge in [-0.25, -0.2) is 0 Å². The Balaban J connectivity index is 2.15. The van der Waals surface area contributed by atoms with Crippen molar-refractivity contribution in [3.05, 3.63) is 29.6 Å². The minimum atomic E-state index is 0.574. The van der Waals surface area contributed by atoms with Gasteiger partial charge in [0, 0.05) is 6.20 Å². The van der Waals surface area contributed by atoms with Crippen LogP contribution < -0.4 is 0 Å². The van der Waals surface area contributed by atoms with Gasteiger partial charge >= 0.3 is 0 Å². The Morgan fingerprint density at radius 2 is 2.40 bits per heavy atom. The van der Waals surface area contributed by atoms with Crippen LogP contribution in [0.5, 0.6) is 0 Å². The fraction of sp³-hybridized carbons (Fsp3) is 0.615. The number of aromatic nitrogens is 1. The van der Waals surface area contributed by atoms with Crippen LogP contribution in [0.25, 0.3) is 0 Å². The van der Waals surface area contributed by atoms with E-state index in [1.54, 1.807) is 0 Å². The van der Waals surface area contributed by atoms with E-state index in [0.717, 1.165) is 0 Å². The smallest absolute Gasteiger partial charge is 0.0578 e. The molecule has 0 unspecified atom stereocenters. The van der Waals surface area contributed by atoms with E-state index in [2.05, 4.69) is 35.9 Å². The molecule has 0 bridgehead atoms. The van der Waals surface area contributed by atoms with Gasteiger partial charge in [0.1, 0.15) is 0 Å². The summed E-state index contributed by atoms with van der Waals surface area (Å²) in [6, 6.07) is 4.88. The highest BCUT2D eigenvalue weighted by Crippen LogP contribution is 2.30. The minimum Gasteiger partial charge on any atom is -0.295 e. The molecule has 1 fully saturated rings. The van der Waals surface area contributed by atoms with Crippen LogP contribution >= 0.6 is 0 Å². The second kappa shape index (κ2) is 4.75. The van der Waals surface area contributed by atoms with Crippen molar-refractivity contribution in [3.8, 4) is 0 Å². The molecular weight excluding hydrogens is 184 g/mol. The van der Waals surface area contributed by atoms with E-state index in [0.29, 0.717) is 6.04 Å². The van der Waals surface area contributed by atoms with Crippen LogP contribution in [0.15, 0.2) is 18.3 Å². The first-order valence-corrected chi connectivity index (χ1v) is 5.98. The van der Waals surface area contributed by atoms with Gasteiger partial charge in [-0.2, -0.15) is 0 Å². The van der Waals surface area contributed by atoms with Crippen LogP contribution in [0.3, 0.4) is 0 Å². The van der Waals surface area contributed by atoms with Gasteiger partial charge in [0.15, 0.2) is 0 Å². The van der Waals surface area contributed by atoms with E-state index in [1.807, 2.05) is 6.20 Å². The molecule has 0 aliphatic carbocycles. The maximum absolute atomic E-state index is 4.51. The molecule has 1 aromatic rings. The standard InChI is InChI=1S/C13H20N2/c1-3-8-15-9-4-5-13(15)12-10-11(2)6-7-14-12/h6-7,10,13H,3-5,8-9H2,1-2H3/t13-/m0/s1. The van der Waals surface area contributed by atoms with Crippen LogP contribution in [0.4, 0.5) is 0 Å². The fourth-order valence-electron chi connectivity index (χ4n) is 2.46. The van der Waals surface area contributed by atoms with Crippen molar-refractivity contribution in [3.63, 3.8) is 0 Å². The van der Waals surface area contributed by atoms with E-state index in [-0.39, 0.29) is 0 Å². The highest BCUT2D eigenvalue weighted by Gasteiger charge is 2.25. The van der Waals surface area contributed by atoms with Gasteiger partial charge in [0.05, 0.1) is 11.7 Å². The summed E-state index contributed by atoms with van der Waals surface area (Å²) in [4.78, 5) is 7.08. The van der Waals surface area contributed by atoms with Crippen molar-refractivity contribution in [1.29, 1.82) is 0 Å². The van der Waals surface area contributed by atoms with Crippen molar-refractivity contribution in [2.75, 3.05) is 13.1 Å². The van der Waals surface area contributed by atoms with Gasteiger partial charge in [0.25, 0.3) is 0 Å². The average molecular weight is 204 g/mol. The van der Waals surface area contributed by atoms with Gasteiger partial charge in [-0.1, -0.05) is 6.92 Å². The lowest BCUT2D eigenvalue weighted by Crippen LogP contribution is -2.24. The predicted octanol–water partition coefficient (Wildman–Crippen LogP) is 2.94. The summed E-state index contributed by atoms with van der Waals surface area (Å²) < 4.78 is 0. The first-order chi connectivity index (χ1) is 7.31. The molecule has 0 saturated carbocycles. The predicted molar refractivity (Wildman–Crippen MR) is 62.8 cm³/mol. The SMILES string of the molecule is CCCN1CCC[C@H]1c1cc(C)ccn1. The lowest BCUT2D eigenvalue weighted by Gasteiger charge is -2.23. The first kappa shape index (κ1) is 10.6. The number of rotatable bonds is 3. The van der Waals surface area contributed by atoms with E-state index < -0.39 is 0 Å². The van der Waals surface area contributed by atoms with Crippen LogP contribution in [0.1, 0.15) is 43.5 Å². The summed E-state index contributed by atoms with van der Waals surface area (Å²) >= 11 is 0. The molecule has 2 heteroatoms. The Morgan fingerprint density at radius 3 is 3.13 bits per heavy atom. The summed E-state index contributed by atoms with van der Waals surface area (Å²) in [5.74, 6) is 0. The molecule has 1 aromatic heterocycles. The summed E-state index contributed by atoms with van der Waals surface area (Å²) in [7, 11) is 0. The first-order valence-electron chi connectivity index (χ1n) is 5.98. The van der Waals surface area contributed by atoms with E-state index in [4.69, 9.17) is 0 Å². The van der Waals surface area contributed by atoms with Crippen molar-refractivity contribution < 1.29 is 0 Å². The maximum Gasteiger partial charge on any atom is 0.0578 e. The third-order valence-electron chi connectivity index (χ3n) is 3.15. The largest absolute Gasteiger partial charge is 0.295 e. The van der Waals surface area contributed by atoms with Crippen LogP contribution in [-0.2, 0) is 0 Å². The van der Waals surface area contributed by atoms with Gasteiger partial charge in [0.2, 0.25) is 0 Å². The molecule has 2 heterocycles. The molecule has 2 rings (SSSR count). The molecule has 82 valence electrons. The van der Waals surface area contributed by atoms with Crippen molar-refractivity contribution in [2.45, 2.75) is 39.2 Å². The highest BCUT2D eigenvalue weighted by atomic mass is 15.2. The molecule has 1 atom stereocenters. The number of hydrogen-bond donors (Lipinski definition) is 0. The van der Waals surface area contributed by atoms with Crippen molar-refractivity contribution in [1.82, 2.24) is 9.88 Å². The Labute approximate surface area is 92.3 Å². The second-order valence-electron chi connectivity index (χ2n) is 4.45. The van der Waals surface area contributed by atoms with Crippen LogP contribution in [0, 0.1) is 6.92 Å². The van der Waals surface area contributed by atoms with Gasteiger partial charge in [-0.05, 0) is 57.0 Å². The molecule has 15 heavy (non-hydrogen) atoms. The Hall–Kier alpha value is -0.890. The monoisotopic (exact) mass is 204 g/mol. The van der Waals surface area contributed by atoms with Gasteiger partial charge in [-0.15, -0.1) is 0 Å². The summed E-state index contributed by atoms with van der Waals surface area (Å²) in [5, 5.41) is 0. The molecule has 1 aliphatic rings. The number of aryl methyl sites for hydroxylation is 1.